The van der Waals surface area contributed by atoms with Crippen LogP contribution < -0.4 is 5.32 Å². The number of aryl methyl sites for hydroxylation is 1. The number of rotatable bonds is 3. The summed E-state index contributed by atoms with van der Waals surface area (Å²) in [5, 5.41) is 2.39. The van der Waals surface area contributed by atoms with Gasteiger partial charge in [0.2, 0.25) is 0 Å². The van der Waals surface area contributed by atoms with Gasteiger partial charge in [0.25, 0.3) is 5.91 Å². The smallest absolute Gasteiger partial charge is 0.254 e. The van der Waals surface area contributed by atoms with Crippen molar-refractivity contribution in [1.82, 2.24) is 5.32 Å². The van der Waals surface area contributed by atoms with Crippen molar-refractivity contribution in [3.05, 3.63) is 35.1 Å². The predicted octanol–water partition coefficient (Wildman–Crippen LogP) is 2.49. The van der Waals surface area contributed by atoms with E-state index in [1.54, 1.807) is 19.9 Å². The number of hydrogen-bond donors (Lipinski definition) is 1. The van der Waals surface area contributed by atoms with E-state index < -0.39 is 11.7 Å². The molecular weight excluding hydrogens is 217 g/mol. The van der Waals surface area contributed by atoms with Gasteiger partial charge in [0, 0.05) is 11.9 Å². The number of carbonyl (C=O) groups is 1. The third-order valence-corrected chi connectivity index (χ3v) is 2.06. The molecule has 1 aromatic carbocycles. The Morgan fingerprint density at radius 3 is 2.87 bits per heavy atom. The molecule has 0 aromatic heterocycles. The molecule has 0 bridgehead atoms. The number of hydrogen-bond acceptors (Lipinski definition) is 1. The van der Waals surface area contributed by atoms with Gasteiger partial charge >= 0.3 is 0 Å². The fourth-order valence-corrected chi connectivity index (χ4v) is 1.22. The third kappa shape index (κ3) is 3.51. The summed E-state index contributed by atoms with van der Waals surface area (Å²) in [5.74, 6) is -0.941. The van der Waals surface area contributed by atoms with Gasteiger partial charge in [0.15, 0.2) is 0 Å². The van der Waals surface area contributed by atoms with Crippen LogP contribution in [-0.4, -0.2) is 17.8 Å². The van der Waals surface area contributed by atoms with Crippen molar-refractivity contribution < 1.29 is 9.18 Å². The molecule has 0 aliphatic rings. The van der Waals surface area contributed by atoms with E-state index in [-0.39, 0.29) is 10.9 Å². The van der Waals surface area contributed by atoms with E-state index in [1.165, 1.54) is 12.1 Å². The Morgan fingerprint density at radius 1 is 1.60 bits per heavy atom. The van der Waals surface area contributed by atoms with Gasteiger partial charge in [-0.05, 0) is 26.0 Å². The van der Waals surface area contributed by atoms with Gasteiger partial charge in [0.1, 0.15) is 5.82 Å². The van der Waals surface area contributed by atoms with Crippen LogP contribution in [0, 0.1) is 12.7 Å². The Balaban J connectivity index is 2.77. The van der Waals surface area contributed by atoms with Crippen molar-refractivity contribution in [2.24, 2.45) is 0 Å². The van der Waals surface area contributed by atoms with Gasteiger partial charge in [0.05, 0.1) is 5.56 Å². The molecule has 0 aliphatic heterocycles. The maximum atomic E-state index is 13.3. The molecule has 82 valence electrons. The molecule has 4 heteroatoms. The Morgan fingerprint density at radius 2 is 2.27 bits per heavy atom. The second-order valence-corrected chi connectivity index (χ2v) is 4.22. The number of carbonyl (C=O) groups excluding carboxylic acids is 1. The quantitative estimate of drug-likeness (QED) is 0.793. The SMILES string of the molecule is Cc1ccc(F)c(C(=O)NCC(C)Cl)c1. The summed E-state index contributed by atoms with van der Waals surface area (Å²) in [5.41, 5.74) is 0.910. The van der Waals surface area contributed by atoms with E-state index in [4.69, 9.17) is 11.6 Å². The molecule has 0 radical (unpaired) electrons. The van der Waals surface area contributed by atoms with Crippen LogP contribution in [0.2, 0.25) is 0 Å². The van der Waals surface area contributed by atoms with Gasteiger partial charge in [-0.2, -0.15) is 0 Å². The number of nitrogens with one attached hydrogen (secondary N) is 1. The fraction of sp³-hybridized carbons (Fsp3) is 0.364. The van der Waals surface area contributed by atoms with Crippen molar-refractivity contribution in [2.75, 3.05) is 6.54 Å². The molecule has 1 atom stereocenters. The fourth-order valence-electron chi connectivity index (χ4n) is 1.14. The second kappa shape index (κ2) is 5.12. The van der Waals surface area contributed by atoms with E-state index in [0.29, 0.717) is 6.54 Å². The van der Waals surface area contributed by atoms with Crippen LogP contribution in [0.1, 0.15) is 22.8 Å². The molecule has 1 rings (SSSR count). The Bertz CT molecular complexity index is 366. The topological polar surface area (TPSA) is 29.1 Å². The summed E-state index contributed by atoms with van der Waals surface area (Å²) in [6.45, 7) is 3.89. The van der Waals surface area contributed by atoms with E-state index in [1.807, 2.05) is 0 Å². The molecule has 1 N–H and O–H groups in total. The first kappa shape index (κ1) is 12.0. The Kier molecular flexibility index (Phi) is 4.09. The van der Waals surface area contributed by atoms with Crippen molar-refractivity contribution in [1.29, 1.82) is 0 Å². The molecule has 0 fully saturated rings. The average Bonchev–Trinajstić information content (AvgIpc) is 2.18. The van der Waals surface area contributed by atoms with E-state index in [9.17, 15) is 9.18 Å². The largest absolute Gasteiger partial charge is 0.350 e. The van der Waals surface area contributed by atoms with Crippen LogP contribution in [0.5, 0.6) is 0 Å². The highest BCUT2D eigenvalue weighted by atomic mass is 35.5. The number of benzene rings is 1. The minimum Gasteiger partial charge on any atom is -0.350 e. The summed E-state index contributed by atoms with van der Waals surface area (Å²) < 4.78 is 13.3. The first-order valence-corrected chi connectivity index (χ1v) is 5.12. The first-order chi connectivity index (χ1) is 7.00. The van der Waals surface area contributed by atoms with Crippen molar-refractivity contribution in [3.63, 3.8) is 0 Å². The van der Waals surface area contributed by atoms with Gasteiger partial charge in [-0.15, -0.1) is 11.6 Å². The summed E-state index contributed by atoms with van der Waals surface area (Å²) >= 11 is 5.67. The lowest BCUT2D eigenvalue weighted by atomic mass is 10.1. The van der Waals surface area contributed by atoms with Gasteiger partial charge < -0.3 is 5.32 Å². The molecular formula is C11H13ClFNO. The van der Waals surface area contributed by atoms with Gasteiger partial charge in [-0.25, -0.2) is 4.39 Å². The molecule has 15 heavy (non-hydrogen) atoms. The molecule has 0 aliphatic carbocycles. The second-order valence-electron chi connectivity index (χ2n) is 3.47. The zero-order valence-corrected chi connectivity index (χ0v) is 9.44. The van der Waals surface area contributed by atoms with Crippen molar-refractivity contribution >= 4 is 17.5 Å². The molecule has 1 aromatic rings. The molecule has 2 nitrogen and oxygen atoms in total. The van der Waals surface area contributed by atoms with E-state index in [2.05, 4.69) is 5.32 Å². The highest BCUT2D eigenvalue weighted by Gasteiger charge is 2.11. The molecule has 0 spiro atoms. The number of halogens is 2. The zero-order valence-electron chi connectivity index (χ0n) is 8.68. The van der Waals surface area contributed by atoms with Crippen LogP contribution in [0.3, 0.4) is 0 Å². The monoisotopic (exact) mass is 229 g/mol. The summed E-state index contributed by atoms with van der Waals surface area (Å²) in [6, 6.07) is 4.42. The van der Waals surface area contributed by atoms with Crippen LogP contribution in [0.25, 0.3) is 0 Å². The highest BCUT2D eigenvalue weighted by Crippen LogP contribution is 2.09. The predicted molar refractivity (Wildman–Crippen MR) is 58.8 cm³/mol. The molecule has 0 saturated carbocycles. The minimum absolute atomic E-state index is 0.0623. The lowest BCUT2D eigenvalue weighted by Crippen LogP contribution is -2.29. The molecule has 0 saturated heterocycles. The number of amides is 1. The average molecular weight is 230 g/mol. The number of alkyl halides is 1. The lowest BCUT2D eigenvalue weighted by Gasteiger charge is -2.07. The van der Waals surface area contributed by atoms with Gasteiger partial charge in [-0.1, -0.05) is 11.6 Å². The third-order valence-electron chi connectivity index (χ3n) is 1.91. The summed E-state index contributed by atoms with van der Waals surface area (Å²) in [6.07, 6.45) is 0. The Labute approximate surface area is 93.4 Å². The van der Waals surface area contributed by atoms with Crippen LogP contribution in [0.4, 0.5) is 4.39 Å². The zero-order chi connectivity index (χ0) is 11.4. The minimum atomic E-state index is -0.514. The lowest BCUT2D eigenvalue weighted by molar-refractivity contribution is 0.0950. The summed E-state index contributed by atoms with van der Waals surface area (Å²) in [7, 11) is 0. The molecule has 1 unspecified atom stereocenters. The van der Waals surface area contributed by atoms with Crippen LogP contribution in [0.15, 0.2) is 18.2 Å². The summed E-state index contributed by atoms with van der Waals surface area (Å²) in [4.78, 5) is 11.5. The van der Waals surface area contributed by atoms with Crippen molar-refractivity contribution in [2.45, 2.75) is 19.2 Å². The normalized spacial score (nSPS) is 12.3. The van der Waals surface area contributed by atoms with E-state index in [0.717, 1.165) is 5.56 Å². The standard InChI is InChI=1S/C11H13ClFNO/c1-7-3-4-10(13)9(5-7)11(15)14-6-8(2)12/h3-5,8H,6H2,1-2H3,(H,14,15). The van der Waals surface area contributed by atoms with Crippen LogP contribution in [-0.2, 0) is 0 Å². The Hall–Kier alpha value is -1.09. The van der Waals surface area contributed by atoms with Crippen LogP contribution >= 0.6 is 11.6 Å². The van der Waals surface area contributed by atoms with Crippen molar-refractivity contribution in [3.8, 4) is 0 Å². The maximum Gasteiger partial charge on any atom is 0.254 e. The molecule has 0 heterocycles. The molecule has 1 amide bonds. The maximum absolute atomic E-state index is 13.3. The highest BCUT2D eigenvalue weighted by molar-refractivity contribution is 6.20. The van der Waals surface area contributed by atoms with E-state index >= 15 is 0 Å². The van der Waals surface area contributed by atoms with Gasteiger partial charge in [-0.3, -0.25) is 4.79 Å². The first-order valence-electron chi connectivity index (χ1n) is 4.69.